The van der Waals surface area contributed by atoms with Crippen LogP contribution in [-0.2, 0) is 9.53 Å². The van der Waals surface area contributed by atoms with Gasteiger partial charge in [0.15, 0.2) is 0 Å². The number of benzene rings is 1. The Morgan fingerprint density at radius 3 is 2.58 bits per heavy atom. The standard InChI is InChI=1S/C18H25N3O3/c1-2-24-17(22)10-7-15-5-8-16(9-6-15)20-18(23)19-11-14-21-12-3-4-13-21/h5-10H,2-4,11-14H2,1H3,(H2,19,20,23)/b10-7-. The van der Waals surface area contributed by atoms with Crippen molar-refractivity contribution in [1.82, 2.24) is 10.2 Å². The molecule has 2 rings (SSSR count). The van der Waals surface area contributed by atoms with Crippen molar-refractivity contribution in [3.8, 4) is 0 Å². The smallest absolute Gasteiger partial charge is 0.330 e. The fraction of sp³-hybridized carbons (Fsp3) is 0.444. The molecule has 6 heteroatoms. The SMILES string of the molecule is CCOC(=O)/C=C\c1ccc(NC(=O)NCCN2CCCC2)cc1. The van der Waals surface area contributed by atoms with Gasteiger partial charge in [-0.25, -0.2) is 9.59 Å². The fourth-order valence-electron chi connectivity index (χ4n) is 2.54. The van der Waals surface area contributed by atoms with Crippen LogP contribution in [0.2, 0.25) is 0 Å². The third-order valence-corrected chi connectivity index (χ3v) is 3.78. The van der Waals surface area contributed by atoms with Crippen molar-refractivity contribution in [3.63, 3.8) is 0 Å². The average molecular weight is 331 g/mol. The van der Waals surface area contributed by atoms with Gasteiger partial charge >= 0.3 is 12.0 Å². The number of nitrogens with one attached hydrogen (secondary N) is 2. The van der Waals surface area contributed by atoms with Crippen molar-refractivity contribution in [3.05, 3.63) is 35.9 Å². The number of carbonyl (C=O) groups excluding carboxylic acids is 2. The number of hydrogen-bond donors (Lipinski definition) is 2. The second kappa shape index (κ2) is 9.72. The zero-order valence-electron chi connectivity index (χ0n) is 14.1. The van der Waals surface area contributed by atoms with Crippen LogP contribution in [0.3, 0.4) is 0 Å². The van der Waals surface area contributed by atoms with Crippen LogP contribution in [-0.4, -0.2) is 49.7 Å². The van der Waals surface area contributed by atoms with E-state index in [1.165, 1.54) is 18.9 Å². The van der Waals surface area contributed by atoms with Gasteiger partial charge in [0.2, 0.25) is 0 Å². The zero-order chi connectivity index (χ0) is 17.2. The highest BCUT2D eigenvalue weighted by Crippen LogP contribution is 2.11. The molecular weight excluding hydrogens is 306 g/mol. The molecular formula is C18H25N3O3. The van der Waals surface area contributed by atoms with E-state index in [-0.39, 0.29) is 12.0 Å². The molecule has 0 spiro atoms. The molecule has 0 radical (unpaired) electrons. The van der Waals surface area contributed by atoms with Crippen molar-refractivity contribution in [2.24, 2.45) is 0 Å². The van der Waals surface area contributed by atoms with Crippen molar-refractivity contribution >= 4 is 23.8 Å². The van der Waals surface area contributed by atoms with Gasteiger partial charge in [-0.05, 0) is 56.6 Å². The van der Waals surface area contributed by atoms with Gasteiger partial charge in [0, 0.05) is 24.9 Å². The summed E-state index contributed by atoms with van der Waals surface area (Å²) < 4.78 is 4.82. The Morgan fingerprint density at radius 1 is 1.21 bits per heavy atom. The molecule has 2 N–H and O–H groups in total. The summed E-state index contributed by atoms with van der Waals surface area (Å²) in [6, 6.07) is 7.05. The van der Waals surface area contributed by atoms with Crippen LogP contribution in [0, 0.1) is 0 Å². The summed E-state index contributed by atoms with van der Waals surface area (Å²) >= 11 is 0. The van der Waals surface area contributed by atoms with Gasteiger partial charge in [0.25, 0.3) is 0 Å². The molecule has 0 aromatic heterocycles. The highest BCUT2D eigenvalue weighted by Gasteiger charge is 2.11. The molecule has 1 aliphatic rings. The zero-order valence-corrected chi connectivity index (χ0v) is 14.1. The van der Waals surface area contributed by atoms with E-state index in [9.17, 15) is 9.59 Å². The summed E-state index contributed by atoms with van der Waals surface area (Å²) in [6.07, 6.45) is 5.57. The molecule has 0 atom stereocenters. The maximum atomic E-state index is 11.8. The third-order valence-electron chi connectivity index (χ3n) is 3.78. The molecule has 1 aromatic carbocycles. The van der Waals surface area contributed by atoms with E-state index in [0.29, 0.717) is 18.8 Å². The fourth-order valence-corrected chi connectivity index (χ4v) is 2.54. The molecule has 130 valence electrons. The van der Waals surface area contributed by atoms with E-state index < -0.39 is 0 Å². The molecule has 1 aromatic rings. The topological polar surface area (TPSA) is 70.7 Å². The van der Waals surface area contributed by atoms with E-state index in [4.69, 9.17) is 4.74 Å². The van der Waals surface area contributed by atoms with Crippen LogP contribution in [0.4, 0.5) is 10.5 Å². The minimum absolute atomic E-state index is 0.205. The van der Waals surface area contributed by atoms with Crippen LogP contribution in [0.15, 0.2) is 30.3 Å². The molecule has 2 amide bonds. The van der Waals surface area contributed by atoms with Crippen LogP contribution in [0.5, 0.6) is 0 Å². The van der Waals surface area contributed by atoms with E-state index in [1.54, 1.807) is 25.1 Å². The maximum absolute atomic E-state index is 11.8. The first-order valence-corrected chi connectivity index (χ1v) is 8.39. The number of nitrogens with zero attached hydrogens (tertiary/aromatic N) is 1. The Labute approximate surface area is 142 Å². The molecule has 1 fully saturated rings. The van der Waals surface area contributed by atoms with E-state index in [1.807, 2.05) is 12.1 Å². The quantitative estimate of drug-likeness (QED) is 0.595. The van der Waals surface area contributed by atoms with Crippen molar-refractivity contribution < 1.29 is 14.3 Å². The minimum Gasteiger partial charge on any atom is -0.463 e. The van der Waals surface area contributed by atoms with Gasteiger partial charge in [0.05, 0.1) is 6.61 Å². The number of rotatable bonds is 7. The first kappa shape index (κ1) is 18.0. The second-order valence-electron chi connectivity index (χ2n) is 5.64. The maximum Gasteiger partial charge on any atom is 0.330 e. The first-order chi connectivity index (χ1) is 11.7. The number of hydrogen-bond acceptors (Lipinski definition) is 4. The number of carbonyl (C=O) groups is 2. The van der Waals surface area contributed by atoms with E-state index >= 15 is 0 Å². The highest BCUT2D eigenvalue weighted by atomic mass is 16.5. The van der Waals surface area contributed by atoms with E-state index in [0.717, 1.165) is 25.2 Å². The lowest BCUT2D eigenvalue weighted by Gasteiger charge is -2.15. The normalized spacial score (nSPS) is 14.7. The Hall–Kier alpha value is -2.34. The lowest BCUT2D eigenvalue weighted by molar-refractivity contribution is -0.137. The lowest BCUT2D eigenvalue weighted by Crippen LogP contribution is -2.35. The first-order valence-electron chi connectivity index (χ1n) is 8.39. The van der Waals surface area contributed by atoms with Gasteiger partial charge in [-0.2, -0.15) is 0 Å². The average Bonchev–Trinajstić information content (AvgIpc) is 3.08. The number of likely N-dealkylation sites (tertiary alicyclic amines) is 1. The largest absolute Gasteiger partial charge is 0.463 e. The van der Waals surface area contributed by atoms with E-state index in [2.05, 4.69) is 15.5 Å². The van der Waals surface area contributed by atoms with Crippen LogP contribution < -0.4 is 10.6 Å². The Kier molecular flexibility index (Phi) is 7.29. The number of ether oxygens (including phenoxy) is 1. The van der Waals surface area contributed by atoms with Gasteiger partial charge in [0.1, 0.15) is 0 Å². The summed E-state index contributed by atoms with van der Waals surface area (Å²) in [4.78, 5) is 25.4. The van der Waals surface area contributed by atoms with Crippen molar-refractivity contribution in [2.45, 2.75) is 19.8 Å². The van der Waals surface area contributed by atoms with Gasteiger partial charge < -0.3 is 20.3 Å². The lowest BCUT2D eigenvalue weighted by atomic mass is 10.2. The summed E-state index contributed by atoms with van der Waals surface area (Å²) in [5.41, 5.74) is 1.57. The molecule has 1 heterocycles. The summed E-state index contributed by atoms with van der Waals surface area (Å²) in [7, 11) is 0. The monoisotopic (exact) mass is 331 g/mol. The molecule has 1 aliphatic heterocycles. The van der Waals surface area contributed by atoms with Crippen LogP contribution >= 0.6 is 0 Å². The molecule has 6 nitrogen and oxygen atoms in total. The molecule has 1 saturated heterocycles. The number of urea groups is 1. The third kappa shape index (κ3) is 6.42. The van der Waals surface area contributed by atoms with Gasteiger partial charge in [-0.3, -0.25) is 0 Å². The van der Waals surface area contributed by atoms with Gasteiger partial charge in [-0.15, -0.1) is 0 Å². The van der Waals surface area contributed by atoms with Crippen LogP contribution in [0.1, 0.15) is 25.3 Å². The molecule has 0 bridgehead atoms. The van der Waals surface area contributed by atoms with Crippen LogP contribution in [0.25, 0.3) is 6.08 Å². The molecule has 0 aliphatic carbocycles. The predicted molar refractivity (Wildman–Crippen MR) is 94.8 cm³/mol. The van der Waals surface area contributed by atoms with Crippen molar-refractivity contribution in [2.75, 3.05) is 38.1 Å². The molecule has 0 unspecified atom stereocenters. The number of esters is 1. The summed E-state index contributed by atoms with van der Waals surface area (Å²) in [5.74, 6) is -0.364. The highest BCUT2D eigenvalue weighted by molar-refractivity contribution is 5.90. The number of amides is 2. The summed E-state index contributed by atoms with van der Waals surface area (Å²) in [6.45, 7) is 5.92. The molecule has 24 heavy (non-hydrogen) atoms. The minimum atomic E-state index is -0.364. The molecule has 0 saturated carbocycles. The van der Waals surface area contributed by atoms with Crippen molar-refractivity contribution in [1.29, 1.82) is 0 Å². The predicted octanol–water partition coefficient (Wildman–Crippen LogP) is 2.48. The Bertz CT molecular complexity index is 563. The number of anilines is 1. The second-order valence-corrected chi connectivity index (χ2v) is 5.64. The Balaban J connectivity index is 1.72. The Morgan fingerprint density at radius 2 is 1.92 bits per heavy atom. The van der Waals surface area contributed by atoms with Gasteiger partial charge in [-0.1, -0.05) is 12.1 Å². The summed E-state index contributed by atoms with van der Waals surface area (Å²) in [5, 5.41) is 5.66.